The van der Waals surface area contributed by atoms with Gasteiger partial charge in [0.15, 0.2) is 11.4 Å². The molecule has 1 aliphatic heterocycles. The Morgan fingerprint density at radius 3 is 1.64 bits per heavy atom. The molecule has 1 heterocycles. The summed E-state index contributed by atoms with van der Waals surface area (Å²) >= 11 is 0. The monoisotopic (exact) mass is 186 g/mol. The summed E-state index contributed by atoms with van der Waals surface area (Å²) in [7, 11) is 2.12. The topological polar surface area (TPSA) is 3.88 Å². The maximum Gasteiger partial charge on any atom is 0.186 e. The van der Waals surface area contributed by atoms with Crippen molar-refractivity contribution in [3.05, 3.63) is 41.2 Å². The van der Waals surface area contributed by atoms with Crippen molar-refractivity contribution in [1.29, 1.82) is 0 Å². The second-order valence-corrected chi connectivity index (χ2v) is 3.97. The van der Waals surface area contributed by atoms with E-state index in [1.54, 1.807) is 0 Å². The molecule has 0 aromatic carbocycles. The predicted octanol–water partition coefficient (Wildman–Crippen LogP) is 2.54. The molecule has 0 N–H and O–H groups in total. The smallest absolute Gasteiger partial charge is 0.186 e. The van der Waals surface area contributed by atoms with Crippen LogP contribution >= 0.6 is 0 Å². The van der Waals surface area contributed by atoms with Crippen molar-refractivity contribution >= 4 is 0 Å². The molecule has 0 bridgehead atoms. The van der Waals surface area contributed by atoms with Crippen LogP contribution in [0.3, 0.4) is 0 Å². The van der Waals surface area contributed by atoms with E-state index in [0.717, 1.165) is 0 Å². The molecule has 0 aromatic rings. The van der Waals surface area contributed by atoms with Crippen molar-refractivity contribution < 1.29 is 4.57 Å². The van der Waals surface area contributed by atoms with Gasteiger partial charge in [0.2, 0.25) is 0 Å². The number of aryl methyl sites for hydroxylation is 1. The van der Waals surface area contributed by atoms with Crippen molar-refractivity contribution in [2.45, 2.75) is 20.8 Å². The third kappa shape index (κ3) is 1.20. The van der Waals surface area contributed by atoms with E-state index in [1.165, 1.54) is 28.1 Å². The fourth-order valence-corrected chi connectivity index (χ4v) is 1.91. The van der Waals surface area contributed by atoms with E-state index in [9.17, 15) is 0 Å². The molecule has 14 heavy (non-hydrogen) atoms. The van der Waals surface area contributed by atoms with Crippen LogP contribution in [0.5, 0.6) is 0 Å². The summed E-state index contributed by atoms with van der Waals surface area (Å²) in [4.78, 5) is 0. The third-order valence-electron chi connectivity index (χ3n) is 3.10. The summed E-state index contributed by atoms with van der Waals surface area (Å²) < 4.78 is 2.25. The summed E-state index contributed by atoms with van der Waals surface area (Å²) in [6.45, 7) is 6.47. The Bertz CT molecular complexity index is 418. The van der Waals surface area contributed by atoms with Gasteiger partial charge in [-0.05, 0) is 19.1 Å². The number of rotatable bonds is 0. The summed E-state index contributed by atoms with van der Waals surface area (Å²) in [6.07, 6.45) is 0. The van der Waals surface area contributed by atoms with Crippen molar-refractivity contribution in [1.82, 2.24) is 0 Å². The van der Waals surface area contributed by atoms with Crippen LogP contribution in [0.4, 0.5) is 0 Å². The van der Waals surface area contributed by atoms with Gasteiger partial charge in [-0.1, -0.05) is 17.7 Å². The Balaban J connectivity index is 2.84. The molecular weight excluding hydrogens is 170 g/mol. The van der Waals surface area contributed by atoms with Gasteiger partial charge in [0, 0.05) is 13.8 Å². The normalized spacial score (nSPS) is 10.9. The second kappa shape index (κ2) is 3.09. The zero-order chi connectivity index (χ0) is 10.3. The molecule has 0 saturated heterocycles. The van der Waals surface area contributed by atoms with E-state index in [2.05, 4.69) is 56.7 Å². The van der Waals surface area contributed by atoms with Crippen LogP contribution in [0.15, 0.2) is 24.3 Å². The lowest BCUT2D eigenvalue weighted by molar-refractivity contribution is -0.679. The van der Waals surface area contributed by atoms with Gasteiger partial charge in [0.1, 0.15) is 7.05 Å². The molecule has 0 spiro atoms. The van der Waals surface area contributed by atoms with Gasteiger partial charge < -0.3 is 0 Å². The fraction of sp³-hybridized carbons (Fsp3) is 0.308. The standard InChI is InChI=1S/C13H16N/c1-9-5-7-12-10(2)14(4)11(3)13(12)8-6-9/h5-8H,1-4H3/q+1. The zero-order valence-corrected chi connectivity index (χ0v) is 9.26. The van der Waals surface area contributed by atoms with E-state index in [-0.39, 0.29) is 0 Å². The average Bonchev–Trinajstić information content (AvgIpc) is 2.34. The Hall–Kier alpha value is -1.37. The lowest BCUT2D eigenvalue weighted by atomic mass is 10.1. The minimum Gasteiger partial charge on any atom is -0.202 e. The van der Waals surface area contributed by atoms with Crippen molar-refractivity contribution in [2.24, 2.45) is 7.05 Å². The molecule has 0 amide bonds. The van der Waals surface area contributed by atoms with Crippen LogP contribution in [0.2, 0.25) is 0 Å². The summed E-state index contributed by atoms with van der Waals surface area (Å²) in [6, 6.07) is 8.78. The molecule has 0 fully saturated rings. The van der Waals surface area contributed by atoms with E-state index < -0.39 is 0 Å². The van der Waals surface area contributed by atoms with Gasteiger partial charge in [0.05, 0.1) is 11.1 Å². The van der Waals surface area contributed by atoms with Gasteiger partial charge in [-0.2, -0.15) is 0 Å². The van der Waals surface area contributed by atoms with Crippen LogP contribution in [0, 0.1) is 20.8 Å². The molecular formula is C13H16N+. The maximum absolute atomic E-state index is 2.25. The summed E-state index contributed by atoms with van der Waals surface area (Å²) in [5.74, 6) is 0. The molecule has 0 aromatic heterocycles. The van der Waals surface area contributed by atoms with Crippen LogP contribution < -0.4 is 4.57 Å². The maximum atomic E-state index is 2.25. The number of aromatic nitrogens is 1. The first-order valence-electron chi connectivity index (χ1n) is 4.97. The number of fused-ring (bicyclic) bond motifs is 1. The molecule has 2 aliphatic rings. The zero-order valence-electron chi connectivity index (χ0n) is 9.26. The lowest BCUT2D eigenvalue weighted by Crippen LogP contribution is -2.31. The van der Waals surface area contributed by atoms with E-state index in [0.29, 0.717) is 0 Å². The molecule has 1 heteroatoms. The van der Waals surface area contributed by atoms with Gasteiger partial charge in [-0.25, -0.2) is 4.57 Å². The molecule has 0 unspecified atom stereocenters. The first kappa shape index (κ1) is 9.20. The van der Waals surface area contributed by atoms with Gasteiger partial charge in [-0.3, -0.25) is 0 Å². The van der Waals surface area contributed by atoms with E-state index >= 15 is 0 Å². The molecule has 1 aliphatic carbocycles. The Morgan fingerprint density at radius 1 is 0.786 bits per heavy atom. The molecule has 72 valence electrons. The third-order valence-corrected chi connectivity index (χ3v) is 3.10. The first-order valence-corrected chi connectivity index (χ1v) is 4.97. The predicted molar refractivity (Wildman–Crippen MR) is 58.5 cm³/mol. The first-order chi connectivity index (χ1) is 6.61. The minimum absolute atomic E-state index is 1.31. The SMILES string of the molecule is Cc1ccc2c(C)[n+](C)c(C)c-2cc1. The van der Waals surface area contributed by atoms with Gasteiger partial charge >= 0.3 is 0 Å². The molecule has 2 rings (SSSR count). The quantitative estimate of drug-likeness (QED) is 0.557. The Labute approximate surface area is 85.4 Å². The second-order valence-electron chi connectivity index (χ2n) is 3.97. The van der Waals surface area contributed by atoms with E-state index in [4.69, 9.17) is 0 Å². The van der Waals surface area contributed by atoms with E-state index in [1.807, 2.05) is 0 Å². The highest BCUT2D eigenvalue weighted by atomic mass is 15.0. The van der Waals surface area contributed by atoms with Crippen LogP contribution in [0.1, 0.15) is 17.0 Å². The van der Waals surface area contributed by atoms with Crippen molar-refractivity contribution in [3.63, 3.8) is 0 Å². The Morgan fingerprint density at radius 2 is 1.21 bits per heavy atom. The van der Waals surface area contributed by atoms with Crippen LogP contribution in [0.25, 0.3) is 11.1 Å². The Kier molecular flexibility index (Phi) is 2.03. The highest BCUT2D eigenvalue weighted by molar-refractivity contribution is 5.68. The number of hydrogen-bond donors (Lipinski definition) is 0. The highest BCUT2D eigenvalue weighted by Crippen LogP contribution is 2.26. The molecule has 0 radical (unpaired) electrons. The van der Waals surface area contributed by atoms with Gasteiger partial charge in [-0.15, -0.1) is 0 Å². The van der Waals surface area contributed by atoms with Crippen LogP contribution in [-0.2, 0) is 7.05 Å². The fourth-order valence-electron chi connectivity index (χ4n) is 1.91. The highest BCUT2D eigenvalue weighted by Gasteiger charge is 2.21. The number of hydrogen-bond acceptors (Lipinski definition) is 0. The summed E-state index contributed by atoms with van der Waals surface area (Å²) in [5.41, 5.74) is 6.71. The average molecular weight is 186 g/mol. The number of nitrogens with zero attached hydrogens (tertiary/aromatic N) is 1. The molecule has 0 atom stereocenters. The molecule has 1 nitrogen and oxygen atoms in total. The van der Waals surface area contributed by atoms with Crippen LogP contribution in [-0.4, -0.2) is 0 Å². The molecule has 0 saturated carbocycles. The summed E-state index contributed by atoms with van der Waals surface area (Å²) in [5, 5.41) is 0. The van der Waals surface area contributed by atoms with Crippen molar-refractivity contribution in [3.8, 4) is 11.1 Å². The lowest BCUT2D eigenvalue weighted by Gasteiger charge is -1.85. The van der Waals surface area contributed by atoms with Crippen molar-refractivity contribution in [2.75, 3.05) is 0 Å². The minimum atomic E-state index is 1.31. The van der Waals surface area contributed by atoms with Gasteiger partial charge in [0.25, 0.3) is 0 Å². The largest absolute Gasteiger partial charge is 0.202 e.